The zero-order valence-electron chi connectivity index (χ0n) is 24.6. The number of anilines is 1. The number of nitrogens with two attached hydrogens (primary N) is 1. The van der Waals surface area contributed by atoms with E-state index in [0.717, 1.165) is 80.6 Å². The quantitative estimate of drug-likeness (QED) is 0.210. The van der Waals surface area contributed by atoms with Crippen LogP contribution in [0.2, 0.25) is 0 Å². The van der Waals surface area contributed by atoms with E-state index in [0.29, 0.717) is 30.8 Å². The van der Waals surface area contributed by atoms with Gasteiger partial charge in [-0.15, -0.1) is 0 Å². The van der Waals surface area contributed by atoms with Gasteiger partial charge in [-0.3, -0.25) is 24.5 Å². The number of rotatable bonds is 10. The number of amides is 1. The molecule has 0 saturated carbocycles. The Morgan fingerprint density at radius 3 is 2.38 bits per heavy atom. The van der Waals surface area contributed by atoms with Crippen LogP contribution in [-0.4, -0.2) is 114 Å². The summed E-state index contributed by atoms with van der Waals surface area (Å²) in [6, 6.07) is 5.92. The summed E-state index contributed by atoms with van der Waals surface area (Å²) in [4.78, 5) is 27.0. The molecule has 2 aliphatic heterocycles. The van der Waals surface area contributed by atoms with Crippen molar-refractivity contribution in [2.75, 3.05) is 77.6 Å². The molecule has 11 nitrogen and oxygen atoms in total. The number of nitrogens with one attached hydrogen (secondary N) is 2. The van der Waals surface area contributed by atoms with Gasteiger partial charge in [0, 0.05) is 64.3 Å². The molecule has 5 rings (SSSR count). The van der Waals surface area contributed by atoms with Gasteiger partial charge in [-0.25, -0.2) is 5.01 Å². The van der Waals surface area contributed by atoms with Crippen LogP contribution in [0, 0.1) is 0 Å². The maximum absolute atomic E-state index is 13.7. The van der Waals surface area contributed by atoms with Gasteiger partial charge in [0.05, 0.1) is 42.3 Å². The molecule has 1 amide bonds. The van der Waals surface area contributed by atoms with Gasteiger partial charge in [-0.05, 0) is 31.1 Å². The molecular formula is C31H43N7O4. The lowest BCUT2D eigenvalue weighted by Crippen LogP contribution is -2.47. The predicted molar refractivity (Wildman–Crippen MR) is 164 cm³/mol. The van der Waals surface area contributed by atoms with E-state index in [1.54, 1.807) is 0 Å². The van der Waals surface area contributed by atoms with Gasteiger partial charge < -0.3 is 21.0 Å². The maximum atomic E-state index is 13.7. The first kappa shape index (κ1) is 31.3. The van der Waals surface area contributed by atoms with Crippen molar-refractivity contribution in [3.63, 3.8) is 0 Å². The Labute approximate surface area is 247 Å². The van der Waals surface area contributed by atoms with Crippen LogP contribution >= 0.6 is 0 Å². The number of piperazine rings is 1. The van der Waals surface area contributed by atoms with Crippen LogP contribution in [0.5, 0.6) is 0 Å². The molecule has 0 bridgehead atoms. The number of aromatic nitrogens is 2. The fraction of sp³-hybridized carbons (Fsp3) is 0.452. The molecule has 1 aromatic heterocycles. The Morgan fingerprint density at radius 2 is 1.71 bits per heavy atom. The average molecular weight is 578 g/mol. The molecule has 42 heavy (non-hydrogen) atoms. The van der Waals surface area contributed by atoms with Crippen LogP contribution in [0.15, 0.2) is 53.6 Å². The van der Waals surface area contributed by atoms with Gasteiger partial charge in [-0.2, -0.15) is 5.10 Å². The maximum Gasteiger partial charge on any atom is 0.204 e. The molecule has 226 valence electrons. The first-order valence-corrected chi connectivity index (χ1v) is 14.6. The Balaban J connectivity index is 0.00000129. The Kier molecular flexibility index (Phi) is 11.6. The van der Waals surface area contributed by atoms with E-state index in [9.17, 15) is 9.90 Å². The number of morpholine rings is 1. The summed E-state index contributed by atoms with van der Waals surface area (Å²) in [5.74, 6) is 0.0222. The van der Waals surface area contributed by atoms with E-state index < -0.39 is 0 Å². The number of H-pyrrole nitrogens is 1. The molecule has 0 radical (unpaired) electrons. The SMILES string of the molecule is C\C=C(/C=C\C(=C/C)CN1CCN(CCO)CC1)Cc1[nH]nc2c1C(=O)c1c(NN3CCOCC3)cccc1-2.NC=O. The van der Waals surface area contributed by atoms with Crippen molar-refractivity contribution in [1.29, 1.82) is 0 Å². The van der Waals surface area contributed by atoms with Gasteiger partial charge in [0.1, 0.15) is 5.69 Å². The number of carbonyl (C=O) groups is 2. The highest BCUT2D eigenvalue weighted by Crippen LogP contribution is 2.41. The lowest BCUT2D eigenvalue weighted by Gasteiger charge is -2.34. The summed E-state index contributed by atoms with van der Waals surface area (Å²) in [5.41, 5.74) is 14.7. The van der Waals surface area contributed by atoms with Crippen molar-refractivity contribution in [1.82, 2.24) is 25.0 Å². The van der Waals surface area contributed by atoms with Gasteiger partial charge in [0.15, 0.2) is 5.78 Å². The summed E-state index contributed by atoms with van der Waals surface area (Å²) >= 11 is 0. The number of benzene rings is 1. The van der Waals surface area contributed by atoms with Gasteiger partial charge in [0.25, 0.3) is 0 Å². The third-order valence-corrected chi connectivity index (χ3v) is 7.83. The summed E-state index contributed by atoms with van der Waals surface area (Å²) < 4.78 is 5.46. The number of carbonyl (C=O) groups excluding carboxylic acids is 2. The highest BCUT2D eigenvalue weighted by Gasteiger charge is 2.34. The Hall–Kier alpha value is -3.61. The number of primary amides is 1. The van der Waals surface area contributed by atoms with E-state index in [2.05, 4.69) is 67.4 Å². The topological polar surface area (TPSA) is 140 Å². The van der Waals surface area contributed by atoms with Crippen molar-refractivity contribution >= 4 is 17.9 Å². The number of fused-ring (bicyclic) bond motifs is 3. The second kappa shape index (κ2) is 15.6. The van der Waals surface area contributed by atoms with E-state index >= 15 is 0 Å². The highest BCUT2D eigenvalue weighted by atomic mass is 16.5. The predicted octanol–water partition coefficient (Wildman–Crippen LogP) is 1.98. The van der Waals surface area contributed by atoms with E-state index in [4.69, 9.17) is 9.53 Å². The highest BCUT2D eigenvalue weighted by molar-refractivity contribution is 6.24. The number of aliphatic hydroxyl groups is 1. The molecule has 0 spiro atoms. The molecule has 3 heterocycles. The molecule has 2 fully saturated rings. The molecule has 1 aromatic carbocycles. The van der Waals surface area contributed by atoms with Gasteiger partial charge in [0.2, 0.25) is 6.41 Å². The fourth-order valence-corrected chi connectivity index (χ4v) is 5.49. The van der Waals surface area contributed by atoms with Crippen molar-refractivity contribution in [3.8, 4) is 11.3 Å². The average Bonchev–Trinajstić information content (AvgIpc) is 3.55. The van der Waals surface area contributed by atoms with Crippen molar-refractivity contribution in [2.45, 2.75) is 20.3 Å². The van der Waals surface area contributed by atoms with Crippen LogP contribution in [0.3, 0.4) is 0 Å². The summed E-state index contributed by atoms with van der Waals surface area (Å²) in [6.07, 6.45) is 9.47. The monoisotopic (exact) mass is 577 g/mol. The van der Waals surface area contributed by atoms with Crippen LogP contribution in [0.1, 0.15) is 35.5 Å². The summed E-state index contributed by atoms with van der Waals surface area (Å²) in [7, 11) is 0. The number of ether oxygens (including phenoxy) is 1. The normalized spacial score (nSPS) is 18.5. The molecule has 0 unspecified atom stereocenters. The number of hydrogen-bond donors (Lipinski definition) is 4. The molecule has 3 aliphatic rings. The number of nitrogens with zero attached hydrogens (tertiary/aromatic N) is 4. The number of allylic oxidation sites excluding steroid dienone is 4. The second-order valence-electron chi connectivity index (χ2n) is 10.4. The van der Waals surface area contributed by atoms with Gasteiger partial charge in [-0.1, -0.05) is 36.4 Å². The lowest BCUT2D eigenvalue weighted by atomic mass is 10.0. The molecule has 2 saturated heterocycles. The van der Waals surface area contributed by atoms with E-state index in [-0.39, 0.29) is 18.8 Å². The summed E-state index contributed by atoms with van der Waals surface area (Å²) in [5, 5.41) is 19.0. The third-order valence-electron chi connectivity index (χ3n) is 7.83. The fourth-order valence-electron chi connectivity index (χ4n) is 5.49. The lowest BCUT2D eigenvalue weighted by molar-refractivity contribution is -0.106. The van der Waals surface area contributed by atoms with Crippen LogP contribution in [-0.2, 0) is 16.0 Å². The molecule has 11 heteroatoms. The smallest absolute Gasteiger partial charge is 0.204 e. The second-order valence-corrected chi connectivity index (χ2v) is 10.4. The first-order valence-electron chi connectivity index (χ1n) is 14.6. The minimum absolute atomic E-state index is 0.0222. The number of ketones is 1. The first-order chi connectivity index (χ1) is 20.5. The minimum atomic E-state index is 0.0222. The third kappa shape index (κ3) is 7.61. The molecule has 2 aromatic rings. The van der Waals surface area contributed by atoms with Crippen molar-refractivity contribution in [2.24, 2.45) is 5.73 Å². The Morgan fingerprint density at radius 1 is 1.05 bits per heavy atom. The van der Waals surface area contributed by atoms with Crippen LogP contribution in [0.4, 0.5) is 5.69 Å². The zero-order valence-corrected chi connectivity index (χ0v) is 24.6. The molecule has 1 aliphatic carbocycles. The zero-order chi connectivity index (χ0) is 29.9. The standard InChI is InChI=1S/C30H40N6O3.CH3NO/c1-3-22(8-9-23(4-2)21-35-12-10-34(11-13-35)14-17-37)20-26-28-29(32-31-26)24-6-5-7-25(27(24)30(28)38)33-36-15-18-39-19-16-36;2-1-3/h3-9,33,37H,10-21H2,1-2H3,(H,31,32);1H,(H2,2,3)/b9-8-,22-3+,23-4+;. The molecular weight excluding hydrogens is 534 g/mol. The van der Waals surface area contributed by atoms with E-state index in [1.165, 1.54) is 5.57 Å². The largest absolute Gasteiger partial charge is 0.395 e. The number of hydrazine groups is 1. The molecule has 5 N–H and O–H groups in total. The van der Waals surface area contributed by atoms with Gasteiger partial charge >= 0.3 is 0 Å². The molecule has 0 atom stereocenters. The van der Waals surface area contributed by atoms with Crippen molar-refractivity contribution in [3.05, 3.63) is 70.5 Å². The van der Waals surface area contributed by atoms with Crippen molar-refractivity contribution < 1.29 is 19.4 Å². The van der Waals surface area contributed by atoms with Crippen LogP contribution in [0.25, 0.3) is 11.3 Å². The van der Waals surface area contributed by atoms with E-state index in [1.807, 2.05) is 25.1 Å². The number of aromatic amines is 1. The Bertz CT molecular complexity index is 1300. The number of hydrogen-bond acceptors (Lipinski definition) is 9. The number of β-amino-alcohol motifs (C(OH)–C–C–N with tert-alkyl or cyclic N) is 1. The summed E-state index contributed by atoms with van der Waals surface area (Å²) in [6.45, 7) is 12.9. The minimum Gasteiger partial charge on any atom is -0.395 e. The number of aliphatic hydroxyl groups excluding tert-OH is 1. The van der Waals surface area contributed by atoms with Crippen LogP contribution < -0.4 is 11.2 Å².